The molecule has 25 heavy (non-hydrogen) atoms. The average Bonchev–Trinajstić information content (AvgIpc) is 2.67. The smallest absolute Gasteiger partial charge is 0.237 e. The highest BCUT2D eigenvalue weighted by Crippen LogP contribution is 2.17. The molecule has 5 nitrogen and oxygen atoms in total. The van der Waals surface area contributed by atoms with Crippen molar-refractivity contribution in [1.29, 1.82) is 0 Å². The number of benzene rings is 1. The molecule has 1 heterocycles. The van der Waals surface area contributed by atoms with Gasteiger partial charge >= 0.3 is 0 Å². The van der Waals surface area contributed by atoms with E-state index in [1.165, 1.54) is 5.56 Å². The van der Waals surface area contributed by atoms with E-state index in [0.717, 1.165) is 32.4 Å². The van der Waals surface area contributed by atoms with Crippen LogP contribution in [0.4, 0.5) is 0 Å². The number of nitrogens with two attached hydrogens (primary N) is 1. The second-order valence-corrected chi connectivity index (χ2v) is 6.79. The lowest BCUT2D eigenvalue weighted by atomic mass is 9.92. The first-order valence-electron chi connectivity index (χ1n) is 9.54. The summed E-state index contributed by atoms with van der Waals surface area (Å²) in [5, 5.41) is 3.10. The highest BCUT2D eigenvalue weighted by atomic mass is 16.5. The summed E-state index contributed by atoms with van der Waals surface area (Å²) in [7, 11) is 0. The fraction of sp³-hybridized carbons (Fsp3) is 0.650. The third kappa shape index (κ3) is 6.10. The molecular weight excluding hydrogens is 314 g/mol. The maximum absolute atomic E-state index is 12.5. The molecular formula is C20H33N3O2. The molecule has 0 radical (unpaired) electrons. The Balaban J connectivity index is 1.92. The van der Waals surface area contributed by atoms with Crippen molar-refractivity contribution in [3.05, 3.63) is 35.9 Å². The number of hydrogen-bond donors (Lipinski definition) is 2. The standard InChI is InChI=1S/C20H33N3O2/c1-3-23(4-2)18(14-16-8-6-5-7-9-16)15-22-20(24)19(21)17-10-12-25-13-11-17/h5-9,17-19H,3-4,10-15,21H2,1-2H3,(H,22,24). The molecule has 1 fully saturated rings. The molecule has 1 aromatic rings. The Morgan fingerprint density at radius 2 is 1.88 bits per heavy atom. The molecule has 140 valence electrons. The van der Waals surface area contributed by atoms with Crippen molar-refractivity contribution in [3.8, 4) is 0 Å². The Morgan fingerprint density at radius 3 is 2.48 bits per heavy atom. The fourth-order valence-corrected chi connectivity index (χ4v) is 3.58. The lowest BCUT2D eigenvalue weighted by Gasteiger charge is -2.31. The van der Waals surface area contributed by atoms with Crippen LogP contribution in [-0.4, -0.2) is 55.7 Å². The van der Waals surface area contributed by atoms with Gasteiger partial charge in [0.05, 0.1) is 6.04 Å². The van der Waals surface area contributed by atoms with E-state index in [2.05, 4.69) is 48.3 Å². The number of amides is 1. The van der Waals surface area contributed by atoms with Gasteiger partial charge in [-0.1, -0.05) is 44.2 Å². The topological polar surface area (TPSA) is 67.6 Å². The summed E-state index contributed by atoms with van der Waals surface area (Å²) in [6.07, 6.45) is 2.67. The second-order valence-electron chi connectivity index (χ2n) is 6.79. The van der Waals surface area contributed by atoms with Crippen LogP contribution in [0, 0.1) is 5.92 Å². The van der Waals surface area contributed by atoms with Crippen molar-refractivity contribution < 1.29 is 9.53 Å². The van der Waals surface area contributed by atoms with Crippen molar-refractivity contribution in [1.82, 2.24) is 10.2 Å². The minimum Gasteiger partial charge on any atom is -0.381 e. The second kappa shape index (κ2) is 10.5. The van der Waals surface area contributed by atoms with E-state index in [1.807, 2.05) is 6.07 Å². The molecule has 5 heteroatoms. The van der Waals surface area contributed by atoms with Crippen molar-refractivity contribution in [2.75, 3.05) is 32.8 Å². The van der Waals surface area contributed by atoms with Gasteiger partial charge in [0.2, 0.25) is 5.91 Å². The van der Waals surface area contributed by atoms with E-state index in [4.69, 9.17) is 10.5 Å². The summed E-state index contributed by atoms with van der Waals surface area (Å²) >= 11 is 0. The first-order valence-corrected chi connectivity index (χ1v) is 9.54. The molecule has 1 aliphatic heterocycles. The largest absolute Gasteiger partial charge is 0.381 e. The number of hydrogen-bond acceptors (Lipinski definition) is 4. The van der Waals surface area contributed by atoms with Gasteiger partial charge in [0.1, 0.15) is 0 Å². The fourth-order valence-electron chi connectivity index (χ4n) is 3.58. The summed E-state index contributed by atoms with van der Waals surface area (Å²) in [6, 6.07) is 10.3. The molecule has 0 aromatic heterocycles. The van der Waals surface area contributed by atoms with Crippen molar-refractivity contribution >= 4 is 5.91 Å². The van der Waals surface area contributed by atoms with Crippen molar-refractivity contribution in [2.24, 2.45) is 11.7 Å². The predicted molar refractivity (Wildman–Crippen MR) is 101 cm³/mol. The van der Waals surface area contributed by atoms with Gasteiger partial charge in [0.25, 0.3) is 0 Å². The maximum Gasteiger partial charge on any atom is 0.237 e. The SMILES string of the molecule is CCN(CC)C(CNC(=O)C(N)C1CCOCC1)Cc1ccccc1. The van der Waals surface area contributed by atoms with E-state index in [0.29, 0.717) is 19.8 Å². The molecule has 1 amide bonds. The van der Waals surface area contributed by atoms with Crippen molar-refractivity contribution in [2.45, 2.75) is 45.2 Å². The van der Waals surface area contributed by atoms with E-state index < -0.39 is 6.04 Å². The Morgan fingerprint density at radius 1 is 1.24 bits per heavy atom. The minimum absolute atomic E-state index is 0.0304. The molecule has 2 rings (SSSR count). The van der Waals surface area contributed by atoms with E-state index >= 15 is 0 Å². The lowest BCUT2D eigenvalue weighted by molar-refractivity contribution is -0.124. The van der Waals surface area contributed by atoms with Crippen LogP contribution < -0.4 is 11.1 Å². The molecule has 1 aliphatic rings. The van der Waals surface area contributed by atoms with Crippen LogP contribution in [0.1, 0.15) is 32.3 Å². The van der Waals surface area contributed by atoms with Gasteiger partial charge < -0.3 is 15.8 Å². The molecule has 2 unspecified atom stereocenters. The number of carbonyl (C=O) groups excluding carboxylic acids is 1. The van der Waals surface area contributed by atoms with Crippen molar-refractivity contribution in [3.63, 3.8) is 0 Å². The lowest BCUT2D eigenvalue weighted by Crippen LogP contribution is -2.51. The van der Waals surface area contributed by atoms with Crippen LogP contribution in [-0.2, 0) is 16.0 Å². The molecule has 0 spiro atoms. The van der Waals surface area contributed by atoms with E-state index in [9.17, 15) is 4.79 Å². The summed E-state index contributed by atoms with van der Waals surface area (Å²) in [5.41, 5.74) is 7.48. The van der Waals surface area contributed by atoms with Crippen LogP contribution in [0.25, 0.3) is 0 Å². The third-order valence-electron chi connectivity index (χ3n) is 5.23. The quantitative estimate of drug-likeness (QED) is 0.715. The highest BCUT2D eigenvalue weighted by molar-refractivity contribution is 5.81. The summed E-state index contributed by atoms with van der Waals surface area (Å²) in [5.74, 6) is 0.201. The number of carbonyl (C=O) groups is 1. The van der Waals surface area contributed by atoms with Gasteiger partial charge in [0, 0.05) is 25.8 Å². The van der Waals surface area contributed by atoms with Crippen LogP contribution in [0.2, 0.25) is 0 Å². The number of rotatable bonds is 9. The number of nitrogens with one attached hydrogen (secondary N) is 1. The Kier molecular flexibility index (Phi) is 8.38. The molecule has 1 aromatic carbocycles. The molecule has 3 N–H and O–H groups in total. The van der Waals surface area contributed by atoms with Crippen LogP contribution in [0.3, 0.4) is 0 Å². The van der Waals surface area contributed by atoms with Crippen LogP contribution >= 0.6 is 0 Å². The minimum atomic E-state index is -0.432. The summed E-state index contributed by atoms with van der Waals surface area (Å²) in [6.45, 7) is 8.32. The molecule has 1 saturated heterocycles. The maximum atomic E-state index is 12.5. The number of nitrogens with zero attached hydrogens (tertiary/aromatic N) is 1. The first-order chi connectivity index (χ1) is 12.2. The van der Waals surface area contributed by atoms with Gasteiger partial charge in [-0.2, -0.15) is 0 Å². The van der Waals surface area contributed by atoms with E-state index in [1.54, 1.807) is 0 Å². The van der Waals surface area contributed by atoms with Gasteiger partial charge in [-0.3, -0.25) is 9.69 Å². The molecule has 2 atom stereocenters. The Hall–Kier alpha value is -1.43. The van der Waals surface area contributed by atoms with Crippen LogP contribution in [0.5, 0.6) is 0 Å². The normalized spacial score (nSPS) is 18.1. The molecule has 0 bridgehead atoms. The zero-order valence-electron chi connectivity index (χ0n) is 15.6. The third-order valence-corrected chi connectivity index (χ3v) is 5.23. The monoisotopic (exact) mass is 347 g/mol. The molecule has 0 aliphatic carbocycles. The first kappa shape index (κ1) is 19.9. The Labute approximate surface area is 151 Å². The zero-order chi connectivity index (χ0) is 18.1. The highest BCUT2D eigenvalue weighted by Gasteiger charge is 2.27. The Bertz CT molecular complexity index is 499. The van der Waals surface area contributed by atoms with Gasteiger partial charge in [-0.15, -0.1) is 0 Å². The number of likely N-dealkylation sites (N-methyl/N-ethyl adjacent to an activating group) is 1. The van der Waals surface area contributed by atoms with Crippen LogP contribution in [0.15, 0.2) is 30.3 Å². The van der Waals surface area contributed by atoms with E-state index in [-0.39, 0.29) is 17.9 Å². The molecule has 0 saturated carbocycles. The van der Waals surface area contributed by atoms with Gasteiger partial charge in [-0.05, 0) is 43.8 Å². The summed E-state index contributed by atoms with van der Waals surface area (Å²) in [4.78, 5) is 14.9. The number of ether oxygens (including phenoxy) is 1. The van der Waals surface area contributed by atoms with Gasteiger partial charge in [-0.25, -0.2) is 0 Å². The zero-order valence-corrected chi connectivity index (χ0v) is 15.6. The average molecular weight is 348 g/mol. The van der Waals surface area contributed by atoms with Gasteiger partial charge in [0.15, 0.2) is 0 Å². The predicted octanol–water partition coefficient (Wildman–Crippen LogP) is 1.81. The summed E-state index contributed by atoms with van der Waals surface area (Å²) < 4.78 is 5.36.